The molecule has 29 heavy (non-hydrogen) atoms. The van der Waals surface area contributed by atoms with Gasteiger partial charge in [0.15, 0.2) is 5.71 Å². The number of aliphatic hydroxyl groups is 1. The van der Waals surface area contributed by atoms with Gasteiger partial charge in [-0.2, -0.15) is 4.99 Å². The first-order valence-corrected chi connectivity index (χ1v) is 9.05. The van der Waals surface area contributed by atoms with E-state index in [2.05, 4.69) is 4.99 Å². The van der Waals surface area contributed by atoms with Crippen molar-refractivity contribution in [3.63, 3.8) is 0 Å². The fourth-order valence-electron chi connectivity index (χ4n) is 2.89. The number of aryl methyl sites for hydroxylation is 2. The maximum absolute atomic E-state index is 13.0. The van der Waals surface area contributed by atoms with Crippen molar-refractivity contribution in [2.75, 3.05) is 11.5 Å². The molecule has 0 atom stereocenters. The van der Waals surface area contributed by atoms with Crippen molar-refractivity contribution in [1.82, 2.24) is 0 Å². The number of ether oxygens (including phenoxy) is 1. The topological polar surface area (TPSA) is 96.3 Å². The molecule has 0 aliphatic carbocycles. The summed E-state index contributed by atoms with van der Waals surface area (Å²) < 4.78 is 5.00. The van der Waals surface area contributed by atoms with Crippen LogP contribution in [0.5, 0.6) is 0 Å². The summed E-state index contributed by atoms with van der Waals surface area (Å²) in [5, 5.41) is 10.7. The first kappa shape index (κ1) is 20.0. The zero-order valence-electron chi connectivity index (χ0n) is 16.3. The monoisotopic (exact) mass is 392 g/mol. The zero-order chi connectivity index (χ0) is 21.1. The number of hydrogen-bond acceptors (Lipinski definition) is 5. The second-order valence-corrected chi connectivity index (χ2v) is 6.46. The van der Waals surface area contributed by atoms with Crippen molar-refractivity contribution in [3.05, 3.63) is 70.8 Å². The van der Waals surface area contributed by atoms with Gasteiger partial charge in [-0.1, -0.05) is 36.4 Å². The maximum atomic E-state index is 13.0. The number of carbonyl (C=O) groups is 3. The van der Waals surface area contributed by atoms with E-state index < -0.39 is 35.0 Å². The summed E-state index contributed by atoms with van der Waals surface area (Å²) >= 11 is 0. The molecule has 0 unspecified atom stereocenters. The highest BCUT2D eigenvalue weighted by Gasteiger charge is 2.40. The number of anilines is 1. The van der Waals surface area contributed by atoms with Gasteiger partial charge in [-0.3, -0.25) is 4.79 Å². The second-order valence-electron chi connectivity index (χ2n) is 6.46. The Morgan fingerprint density at radius 3 is 2.38 bits per heavy atom. The summed E-state index contributed by atoms with van der Waals surface area (Å²) in [6.07, 6.45) is 0. The van der Waals surface area contributed by atoms with Gasteiger partial charge in [0, 0.05) is 5.56 Å². The molecule has 1 aliphatic rings. The van der Waals surface area contributed by atoms with Crippen molar-refractivity contribution < 1.29 is 24.2 Å². The number of amides is 3. The van der Waals surface area contributed by atoms with Gasteiger partial charge in [-0.15, -0.1) is 0 Å². The van der Waals surface area contributed by atoms with E-state index in [1.807, 2.05) is 13.8 Å². The van der Waals surface area contributed by atoms with Crippen LogP contribution < -0.4 is 4.90 Å². The van der Waals surface area contributed by atoms with E-state index >= 15 is 0 Å². The van der Waals surface area contributed by atoms with Gasteiger partial charge >= 0.3 is 12.0 Å². The molecule has 0 radical (unpaired) electrons. The van der Waals surface area contributed by atoms with Crippen LogP contribution in [0.4, 0.5) is 10.5 Å². The first-order chi connectivity index (χ1) is 13.8. The normalized spacial score (nSPS) is 14.6. The van der Waals surface area contributed by atoms with E-state index in [1.165, 1.54) is 0 Å². The highest BCUT2D eigenvalue weighted by Crippen LogP contribution is 2.27. The summed E-state index contributed by atoms with van der Waals surface area (Å²) in [5.74, 6) is -2.22. The summed E-state index contributed by atoms with van der Waals surface area (Å²) in [6.45, 7) is 5.39. The summed E-state index contributed by atoms with van der Waals surface area (Å²) in [7, 11) is 0. The molecule has 0 saturated heterocycles. The minimum atomic E-state index is -0.935. The highest BCUT2D eigenvalue weighted by molar-refractivity contribution is 6.62. The van der Waals surface area contributed by atoms with Crippen molar-refractivity contribution in [1.29, 1.82) is 0 Å². The van der Waals surface area contributed by atoms with E-state index in [0.717, 1.165) is 16.0 Å². The fraction of sp³-hybridized carbons (Fsp3) is 0.182. The highest BCUT2D eigenvalue weighted by atomic mass is 16.5. The number of benzene rings is 2. The Morgan fingerprint density at radius 2 is 1.76 bits per heavy atom. The lowest BCUT2D eigenvalue weighted by atomic mass is 10.0. The van der Waals surface area contributed by atoms with Crippen molar-refractivity contribution in [3.8, 4) is 0 Å². The van der Waals surface area contributed by atoms with Crippen molar-refractivity contribution >= 4 is 35.1 Å². The maximum Gasteiger partial charge on any atom is 0.355 e. The number of nitrogens with zero attached hydrogens (tertiary/aromatic N) is 2. The molecule has 1 N–H and O–H groups in total. The number of rotatable bonds is 5. The Balaban J connectivity index is 2.08. The van der Waals surface area contributed by atoms with Gasteiger partial charge in [-0.05, 0) is 44.0 Å². The number of esters is 1. The minimum absolute atomic E-state index is 0.0285. The van der Waals surface area contributed by atoms with Crippen LogP contribution in [0.25, 0.3) is 5.76 Å². The van der Waals surface area contributed by atoms with Crippen LogP contribution in [-0.4, -0.2) is 35.3 Å². The van der Waals surface area contributed by atoms with Crippen LogP contribution >= 0.6 is 0 Å². The molecule has 7 nitrogen and oxygen atoms in total. The Morgan fingerprint density at radius 1 is 1.07 bits per heavy atom. The Labute approximate surface area is 167 Å². The molecular weight excluding hydrogens is 372 g/mol. The minimum Gasteiger partial charge on any atom is -0.506 e. The summed E-state index contributed by atoms with van der Waals surface area (Å²) in [6, 6.07) is 12.5. The fourth-order valence-corrected chi connectivity index (χ4v) is 2.89. The Kier molecular flexibility index (Phi) is 5.59. The number of imide groups is 1. The van der Waals surface area contributed by atoms with Crippen molar-refractivity contribution in [2.24, 2.45) is 4.99 Å². The summed E-state index contributed by atoms with van der Waals surface area (Å²) in [4.78, 5) is 42.7. The molecule has 3 rings (SSSR count). The smallest absolute Gasteiger partial charge is 0.355 e. The molecule has 7 heteroatoms. The van der Waals surface area contributed by atoms with Crippen molar-refractivity contribution in [2.45, 2.75) is 20.8 Å². The molecule has 0 fully saturated rings. The first-order valence-electron chi connectivity index (χ1n) is 9.05. The van der Waals surface area contributed by atoms with Crippen LogP contribution in [0.15, 0.2) is 59.1 Å². The van der Waals surface area contributed by atoms with E-state index in [1.54, 1.807) is 55.5 Å². The molecule has 2 aromatic rings. The van der Waals surface area contributed by atoms with Crippen LogP contribution in [0.3, 0.4) is 0 Å². The molecule has 0 saturated carbocycles. The molecule has 0 spiro atoms. The van der Waals surface area contributed by atoms with Gasteiger partial charge in [0.1, 0.15) is 11.3 Å². The SMILES string of the molecule is CCOC(=O)C(C1=NC(=O)N(c2ccc(C)c(C)c2)C1=O)=C(O)c1ccccc1. The van der Waals surface area contributed by atoms with E-state index in [0.29, 0.717) is 11.3 Å². The molecular formula is C22H20N2O5. The van der Waals surface area contributed by atoms with Crippen LogP contribution in [0.1, 0.15) is 23.6 Å². The lowest BCUT2D eigenvalue weighted by Gasteiger charge is -2.15. The number of urea groups is 1. The molecule has 1 heterocycles. The van der Waals surface area contributed by atoms with Gasteiger partial charge < -0.3 is 9.84 Å². The number of hydrogen-bond donors (Lipinski definition) is 1. The van der Waals surface area contributed by atoms with Gasteiger partial charge in [0.2, 0.25) is 0 Å². The van der Waals surface area contributed by atoms with Gasteiger partial charge in [0.05, 0.1) is 12.3 Å². The Hall–Kier alpha value is -3.74. The van der Waals surface area contributed by atoms with E-state index in [9.17, 15) is 19.5 Å². The average molecular weight is 392 g/mol. The van der Waals surface area contributed by atoms with Crippen LogP contribution in [0.2, 0.25) is 0 Å². The molecule has 3 amide bonds. The molecule has 0 bridgehead atoms. The predicted molar refractivity (Wildman–Crippen MR) is 109 cm³/mol. The van der Waals surface area contributed by atoms with Gasteiger partial charge in [0.25, 0.3) is 5.91 Å². The Bertz CT molecular complexity index is 1050. The largest absolute Gasteiger partial charge is 0.506 e. The number of aliphatic imine (C=N–C) groups is 1. The number of carbonyl (C=O) groups excluding carboxylic acids is 3. The van der Waals surface area contributed by atoms with E-state index in [4.69, 9.17) is 4.74 Å². The van der Waals surface area contributed by atoms with Crippen LogP contribution in [-0.2, 0) is 14.3 Å². The quantitative estimate of drug-likeness (QED) is 0.475. The predicted octanol–water partition coefficient (Wildman–Crippen LogP) is 3.74. The number of aliphatic hydroxyl groups excluding tert-OH is 1. The average Bonchev–Trinajstić information content (AvgIpc) is 2.99. The third kappa shape index (κ3) is 3.80. The molecule has 2 aromatic carbocycles. The standard InChI is InChI=1S/C22H20N2O5/c1-4-29-21(27)17(19(25)15-8-6-5-7-9-15)18-20(26)24(22(28)23-18)16-11-10-13(2)14(3)12-16/h5-12,25H,4H2,1-3H3. The molecule has 1 aliphatic heterocycles. The lowest BCUT2D eigenvalue weighted by Crippen LogP contribution is -2.35. The van der Waals surface area contributed by atoms with E-state index in [-0.39, 0.29) is 6.61 Å². The zero-order valence-corrected chi connectivity index (χ0v) is 16.3. The molecule has 0 aromatic heterocycles. The lowest BCUT2D eigenvalue weighted by molar-refractivity contribution is -0.138. The summed E-state index contributed by atoms with van der Waals surface area (Å²) in [5.41, 5.74) is 1.64. The van der Waals surface area contributed by atoms with Gasteiger partial charge in [-0.25, -0.2) is 14.5 Å². The second kappa shape index (κ2) is 8.10. The van der Waals surface area contributed by atoms with Crippen LogP contribution in [0, 0.1) is 13.8 Å². The molecule has 148 valence electrons. The third-order valence-electron chi connectivity index (χ3n) is 4.55. The third-order valence-corrected chi connectivity index (χ3v) is 4.55.